The van der Waals surface area contributed by atoms with E-state index in [9.17, 15) is 14.7 Å². The predicted octanol–water partition coefficient (Wildman–Crippen LogP) is 6.89. The highest BCUT2D eigenvalue weighted by molar-refractivity contribution is 6.31. The van der Waals surface area contributed by atoms with E-state index in [2.05, 4.69) is 4.90 Å². The minimum absolute atomic E-state index is 0.0528. The highest BCUT2D eigenvalue weighted by Crippen LogP contribution is 2.45. The molecule has 1 amide bonds. The average Bonchev–Trinajstić information content (AvgIpc) is 3.84. The van der Waals surface area contributed by atoms with E-state index in [1.807, 2.05) is 54.6 Å². The number of carboxylic acids is 1. The quantitative estimate of drug-likeness (QED) is 0.268. The Hall–Kier alpha value is -3.71. The van der Waals surface area contributed by atoms with E-state index in [1.165, 1.54) is 0 Å². The first-order valence-electron chi connectivity index (χ1n) is 14.2. The van der Waals surface area contributed by atoms with Crippen LogP contribution in [0.3, 0.4) is 0 Å². The lowest BCUT2D eigenvalue weighted by Crippen LogP contribution is -2.37. The van der Waals surface area contributed by atoms with Gasteiger partial charge in [0.2, 0.25) is 0 Å². The number of carbonyl (C=O) groups excluding carboxylic acids is 1. The number of amides is 1. The summed E-state index contributed by atoms with van der Waals surface area (Å²) >= 11 is 6.17. The minimum Gasteiger partial charge on any atom is -0.497 e. The number of hydrogen-bond acceptors (Lipinski definition) is 5. The molecule has 1 unspecified atom stereocenters. The number of halogens is 1. The van der Waals surface area contributed by atoms with Crippen molar-refractivity contribution in [2.24, 2.45) is 11.8 Å². The van der Waals surface area contributed by atoms with Crippen molar-refractivity contribution in [1.82, 2.24) is 0 Å². The molecule has 1 aliphatic carbocycles. The second kappa shape index (κ2) is 12.9. The fourth-order valence-corrected chi connectivity index (χ4v) is 5.88. The highest BCUT2D eigenvalue weighted by atomic mass is 35.5. The summed E-state index contributed by atoms with van der Waals surface area (Å²) in [6, 6.07) is 20.8. The van der Waals surface area contributed by atoms with Crippen LogP contribution in [0.5, 0.6) is 11.5 Å². The summed E-state index contributed by atoms with van der Waals surface area (Å²) in [4.78, 5) is 28.9. The summed E-state index contributed by atoms with van der Waals surface area (Å²) in [5.41, 5.74) is 3.27. The van der Waals surface area contributed by atoms with E-state index in [0.717, 1.165) is 61.5 Å². The Kier molecular flexibility index (Phi) is 9.03. The van der Waals surface area contributed by atoms with Gasteiger partial charge in [-0.05, 0) is 91.5 Å². The van der Waals surface area contributed by atoms with Crippen molar-refractivity contribution in [2.75, 3.05) is 43.7 Å². The molecule has 0 radical (unpaired) electrons. The Balaban J connectivity index is 1.22. The first-order valence-corrected chi connectivity index (χ1v) is 14.6. The van der Waals surface area contributed by atoms with Gasteiger partial charge in [-0.2, -0.15) is 0 Å². The summed E-state index contributed by atoms with van der Waals surface area (Å²) in [6.45, 7) is 2.20. The second-order valence-corrected chi connectivity index (χ2v) is 11.5. The van der Waals surface area contributed by atoms with Crippen LogP contribution in [-0.2, 0) is 4.79 Å². The van der Waals surface area contributed by atoms with Gasteiger partial charge in [0, 0.05) is 36.9 Å². The van der Waals surface area contributed by atoms with Gasteiger partial charge in [-0.3, -0.25) is 9.59 Å². The normalized spacial score (nSPS) is 16.2. The van der Waals surface area contributed by atoms with Crippen molar-refractivity contribution >= 4 is 34.9 Å². The number of carboxylic acid groups (broad SMARTS) is 1. The maximum atomic E-state index is 13.6. The molecule has 3 aromatic carbocycles. The molecule has 3 aromatic rings. The van der Waals surface area contributed by atoms with E-state index >= 15 is 0 Å². The van der Waals surface area contributed by atoms with E-state index in [0.29, 0.717) is 34.8 Å². The average molecular weight is 577 g/mol. The van der Waals surface area contributed by atoms with Gasteiger partial charge in [0.15, 0.2) is 0 Å². The fraction of sp³-hybridized carbons (Fsp3) is 0.394. The van der Waals surface area contributed by atoms with Crippen molar-refractivity contribution in [3.8, 4) is 11.5 Å². The van der Waals surface area contributed by atoms with Gasteiger partial charge >= 0.3 is 5.97 Å². The van der Waals surface area contributed by atoms with Crippen molar-refractivity contribution < 1.29 is 24.2 Å². The van der Waals surface area contributed by atoms with Gasteiger partial charge in [0.1, 0.15) is 11.5 Å². The number of benzene rings is 3. The van der Waals surface area contributed by atoms with Gasteiger partial charge < -0.3 is 24.4 Å². The molecule has 1 saturated carbocycles. The third-order valence-electron chi connectivity index (χ3n) is 8.25. The summed E-state index contributed by atoms with van der Waals surface area (Å²) in [7, 11) is 3.39. The van der Waals surface area contributed by atoms with Crippen LogP contribution in [0.2, 0.25) is 5.02 Å². The van der Waals surface area contributed by atoms with Gasteiger partial charge in [-0.25, -0.2) is 0 Å². The zero-order valence-electron chi connectivity index (χ0n) is 23.6. The molecular formula is C33H37ClN2O5. The highest BCUT2D eigenvalue weighted by Gasteiger charge is 2.34. The monoisotopic (exact) mass is 576 g/mol. The Morgan fingerprint density at radius 1 is 1.00 bits per heavy atom. The number of rotatable bonds is 11. The number of anilines is 2. The third-order valence-corrected chi connectivity index (χ3v) is 8.48. The predicted molar refractivity (Wildman–Crippen MR) is 162 cm³/mol. The number of carbonyl (C=O) groups is 2. The number of hydrogen-bond donors (Lipinski definition) is 1. The fourth-order valence-electron chi connectivity index (χ4n) is 5.70. The minimum atomic E-state index is -0.753. The molecule has 1 N–H and O–H groups in total. The molecule has 41 heavy (non-hydrogen) atoms. The summed E-state index contributed by atoms with van der Waals surface area (Å²) in [5.74, 6) is 1.54. The molecule has 216 valence electrons. The van der Waals surface area contributed by atoms with Crippen molar-refractivity contribution in [3.63, 3.8) is 0 Å². The smallest absolute Gasteiger partial charge is 0.303 e. The van der Waals surface area contributed by atoms with Crippen molar-refractivity contribution in [3.05, 3.63) is 82.9 Å². The molecule has 0 aromatic heterocycles. The molecule has 5 rings (SSSR count). The number of piperidine rings is 1. The molecule has 0 bridgehead atoms. The lowest BCUT2D eigenvalue weighted by atomic mass is 9.91. The summed E-state index contributed by atoms with van der Waals surface area (Å²) in [5, 5.41) is 9.95. The number of methoxy groups -OCH3 is 1. The van der Waals surface area contributed by atoms with E-state index < -0.39 is 5.97 Å². The Morgan fingerprint density at radius 2 is 1.76 bits per heavy atom. The van der Waals surface area contributed by atoms with Crippen molar-refractivity contribution in [2.45, 2.75) is 38.0 Å². The Morgan fingerprint density at radius 3 is 2.44 bits per heavy atom. The van der Waals surface area contributed by atoms with Crippen LogP contribution >= 0.6 is 11.6 Å². The summed E-state index contributed by atoms with van der Waals surface area (Å²) < 4.78 is 11.7. The van der Waals surface area contributed by atoms with Gasteiger partial charge in [0.05, 0.1) is 31.4 Å². The molecule has 1 atom stereocenters. The lowest BCUT2D eigenvalue weighted by Gasteiger charge is -2.35. The van der Waals surface area contributed by atoms with Crippen molar-refractivity contribution in [1.29, 1.82) is 0 Å². The van der Waals surface area contributed by atoms with Gasteiger partial charge in [-0.15, -0.1) is 0 Å². The molecule has 2 aliphatic rings. The number of aliphatic carboxylic acids is 1. The first-order chi connectivity index (χ1) is 19.8. The Bertz CT molecular complexity index is 1380. The number of ether oxygens (including phenoxy) is 2. The maximum absolute atomic E-state index is 13.6. The Labute approximate surface area is 246 Å². The van der Waals surface area contributed by atoms with Crippen LogP contribution in [0.4, 0.5) is 11.4 Å². The van der Waals surface area contributed by atoms with Crippen LogP contribution in [0.25, 0.3) is 0 Å². The second-order valence-electron chi connectivity index (χ2n) is 11.1. The van der Waals surface area contributed by atoms with E-state index in [1.54, 1.807) is 31.2 Å². The number of nitrogens with zero attached hydrogens (tertiary/aromatic N) is 2. The topological polar surface area (TPSA) is 79.3 Å². The van der Waals surface area contributed by atoms with Gasteiger partial charge in [0.25, 0.3) is 5.91 Å². The molecule has 1 heterocycles. The third kappa shape index (κ3) is 7.14. The lowest BCUT2D eigenvalue weighted by molar-refractivity contribution is -0.137. The summed E-state index contributed by atoms with van der Waals surface area (Å²) in [6.07, 6.45) is 4.21. The van der Waals surface area contributed by atoms with Crippen LogP contribution in [0.15, 0.2) is 66.7 Å². The molecule has 1 aliphatic heterocycles. The first kappa shape index (κ1) is 28.8. The zero-order chi connectivity index (χ0) is 28.9. The molecular weight excluding hydrogens is 540 g/mol. The standard InChI is InChI=1S/C33H37ClN2O5/c1-35(26-7-4-6-25(34)18-26)33(39)29-12-11-27(40-2)19-31(29)36-15-13-22(14-16-36)21-41-28-8-3-5-24(17-28)30(20-32(37)38)23-9-10-23/h3-8,11-12,17-19,22-23,30H,9-10,13-16,20-21H2,1-2H3,(H,37,38). The molecule has 7 nitrogen and oxygen atoms in total. The van der Waals surface area contributed by atoms with Crippen LogP contribution in [-0.4, -0.2) is 50.8 Å². The van der Waals surface area contributed by atoms with Crippen LogP contribution in [0, 0.1) is 11.8 Å². The molecule has 0 spiro atoms. The molecule has 1 saturated heterocycles. The van der Waals surface area contributed by atoms with Crippen LogP contribution < -0.4 is 19.3 Å². The largest absolute Gasteiger partial charge is 0.497 e. The molecule has 8 heteroatoms. The molecule has 2 fully saturated rings. The van der Waals surface area contributed by atoms with E-state index in [4.69, 9.17) is 21.1 Å². The van der Waals surface area contributed by atoms with E-state index in [-0.39, 0.29) is 18.2 Å². The zero-order valence-corrected chi connectivity index (χ0v) is 24.3. The SMILES string of the molecule is COc1ccc(C(=O)N(C)c2cccc(Cl)c2)c(N2CCC(COc3cccc(C(CC(=O)O)C4CC4)c3)CC2)c1. The van der Waals surface area contributed by atoms with Gasteiger partial charge in [-0.1, -0.05) is 29.8 Å². The van der Waals surface area contributed by atoms with Crippen LogP contribution in [0.1, 0.15) is 53.9 Å². The maximum Gasteiger partial charge on any atom is 0.303 e.